The van der Waals surface area contributed by atoms with Gasteiger partial charge < -0.3 is 0 Å². The van der Waals surface area contributed by atoms with Crippen molar-refractivity contribution in [3.8, 4) is 22.3 Å². The number of benzene rings is 8. The van der Waals surface area contributed by atoms with Crippen LogP contribution in [0.4, 0.5) is 0 Å². The molecular formula is C48H40Se. The Morgan fingerprint density at radius 1 is 0.408 bits per heavy atom. The van der Waals surface area contributed by atoms with Crippen LogP contribution in [0.5, 0.6) is 0 Å². The molecule has 0 radical (unpaired) electrons. The quantitative estimate of drug-likeness (QED) is 0.110. The molecule has 1 heterocycles. The second kappa shape index (κ2) is 12.6. The molecular weight excluding hydrogens is 655 g/mol. The molecule has 0 fully saturated rings. The van der Waals surface area contributed by atoms with Gasteiger partial charge in [-0.15, -0.1) is 0 Å². The third kappa shape index (κ3) is 4.94. The third-order valence-corrected chi connectivity index (χ3v) is 13.3. The Labute approximate surface area is 294 Å². The predicted molar refractivity (Wildman–Crippen MR) is 217 cm³/mol. The van der Waals surface area contributed by atoms with Crippen molar-refractivity contribution in [1.29, 1.82) is 0 Å². The van der Waals surface area contributed by atoms with E-state index in [9.17, 15) is 0 Å². The van der Waals surface area contributed by atoms with Crippen LogP contribution in [0.3, 0.4) is 0 Å². The first kappa shape index (κ1) is 30.4. The number of aryl methyl sites for hydroxylation is 2. The summed E-state index contributed by atoms with van der Waals surface area (Å²) in [7, 11) is 0. The number of hydrogen-bond donors (Lipinski definition) is 0. The van der Waals surface area contributed by atoms with Gasteiger partial charge >= 0.3 is 296 Å². The van der Waals surface area contributed by atoms with Crippen molar-refractivity contribution in [1.82, 2.24) is 0 Å². The summed E-state index contributed by atoms with van der Waals surface area (Å²) in [5.41, 5.74) is 8.49. The van der Waals surface area contributed by atoms with E-state index in [1.165, 1.54) is 121 Å². The zero-order valence-corrected chi connectivity index (χ0v) is 30.1. The molecule has 0 aliphatic heterocycles. The van der Waals surface area contributed by atoms with Gasteiger partial charge in [-0.2, -0.15) is 0 Å². The maximum atomic E-state index is 2.51. The van der Waals surface area contributed by atoms with Crippen molar-refractivity contribution < 1.29 is 0 Å². The van der Waals surface area contributed by atoms with Crippen molar-refractivity contribution in [2.24, 2.45) is 0 Å². The fourth-order valence-electron chi connectivity index (χ4n) is 8.44. The van der Waals surface area contributed by atoms with Gasteiger partial charge in [0, 0.05) is 0 Å². The molecule has 9 rings (SSSR count). The first-order chi connectivity index (χ1) is 24.3. The molecule has 8 aromatic carbocycles. The van der Waals surface area contributed by atoms with Gasteiger partial charge in [-0.25, -0.2) is 0 Å². The van der Waals surface area contributed by atoms with Crippen LogP contribution < -0.4 is 0 Å². The van der Waals surface area contributed by atoms with Crippen molar-refractivity contribution in [3.05, 3.63) is 145 Å². The second-order valence-corrected chi connectivity index (χ2v) is 15.8. The molecule has 0 unspecified atom stereocenters. The predicted octanol–water partition coefficient (Wildman–Crippen LogP) is 13.7. The summed E-state index contributed by atoms with van der Waals surface area (Å²) in [4.78, 5) is 0. The van der Waals surface area contributed by atoms with Crippen LogP contribution >= 0.6 is 0 Å². The van der Waals surface area contributed by atoms with Crippen LogP contribution in [-0.4, -0.2) is 14.5 Å². The standard InChI is InChI=1S/C48H40Se/c1-3-5-16-32-34-18-7-11-22-38(34)46(39-23-12-8-19-35(32)39)31-28-29-45-44(30-31)42-26-15-27-43(48(42)49-45)47-40-24-13-9-20-36(40)33(17-6-4-2)37-21-10-14-25-41(37)47/h7-15,18-30H,3-6,16-17H2,1-2H3. The molecule has 0 atom stereocenters. The SMILES string of the molecule is CCCCc1c2ccccc2c(-c2ccc3[se]c4c(-c5c6ccccc6c(CCCC)c6ccccc56)cccc4c3c2)c2ccccc12. The molecule has 0 N–H and O–H groups in total. The molecule has 0 nitrogen and oxygen atoms in total. The van der Waals surface area contributed by atoms with Gasteiger partial charge in [0.15, 0.2) is 0 Å². The van der Waals surface area contributed by atoms with E-state index in [-0.39, 0.29) is 14.5 Å². The van der Waals surface area contributed by atoms with E-state index in [1.807, 2.05) is 0 Å². The van der Waals surface area contributed by atoms with E-state index in [4.69, 9.17) is 0 Å². The van der Waals surface area contributed by atoms with E-state index >= 15 is 0 Å². The maximum absolute atomic E-state index is 2.51. The Kier molecular flexibility index (Phi) is 7.84. The summed E-state index contributed by atoms with van der Waals surface area (Å²) in [5.74, 6) is 0. The fourth-order valence-corrected chi connectivity index (χ4v) is 11.0. The fraction of sp³-hybridized carbons (Fsp3) is 0.167. The van der Waals surface area contributed by atoms with Gasteiger partial charge in [-0.1, -0.05) is 0 Å². The minimum atomic E-state index is 0.219. The van der Waals surface area contributed by atoms with Crippen LogP contribution in [0.25, 0.3) is 84.6 Å². The Bertz CT molecular complexity index is 2570. The zero-order chi connectivity index (χ0) is 32.9. The Balaban J connectivity index is 1.30. The Morgan fingerprint density at radius 2 is 0.857 bits per heavy atom. The molecule has 9 aromatic rings. The van der Waals surface area contributed by atoms with Crippen molar-refractivity contribution in [2.75, 3.05) is 0 Å². The Morgan fingerprint density at radius 3 is 1.35 bits per heavy atom. The summed E-state index contributed by atoms with van der Waals surface area (Å²) in [6.07, 6.45) is 7.05. The van der Waals surface area contributed by atoms with Gasteiger partial charge in [-0.3, -0.25) is 0 Å². The summed E-state index contributed by atoms with van der Waals surface area (Å²) < 4.78 is 3.00. The first-order valence-electron chi connectivity index (χ1n) is 18.1. The van der Waals surface area contributed by atoms with Crippen LogP contribution in [-0.2, 0) is 12.8 Å². The molecule has 0 aliphatic carbocycles. The Hall–Kier alpha value is -4.68. The average molecular weight is 696 g/mol. The summed E-state index contributed by atoms with van der Waals surface area (Å²) in [5, 5.41) is 13.9. The molecule has 1 heteroatoms. The molecule has 49 heavy (non-hydrogen) atoms. The van der Waals surface area contributed by atoms with Crippen LogP contribution in [0.15, 0.2) is 133 Å². The minimum absolute atomic E-state index is 0.219. The normalized spacial score (nSPS) is 12.0. The third-order valence-electron chi connectivity index (χ3n) is 10.7. The van der Waals surface area contributed by atoms with Crippen LogP contribution in [0.2, 0.25) is 0 Å². The molecule has 0 saturated carbocycles. The number of fused-ring (bicyclic) bond motifs is 7. The van der Waals surface area contributed by atoms with Crippen molar-refractivity contribution in [3.63, 3.8) is 0 Å². The number of rotatable bonds is 8. The van der Waals surface area contributed by atoms with Gasteiger partial charge in [0.2, 0.25) is 0 Å². The van der Waals surface area contributed by atoms with Crippen LogP contribution in [0.1, 0.15) is 50.7 Å². The molecule has 0 saturated heterocycles. The number of hydrogen-bond acceptors (Lipinski definition) is 0. The van der Waals surface area contributed by atoms with E-state index in [2.05, 4.69) is 147 Å². The van der Waals surface area contributed by atoms with Gasteiger partial charge in [-0.05, 0) is 0 Å². The summed E-state index contributed by atoms with van der Waals surface area (Å²) >= 11 is 0.219. The summed E-state index contributed by atoms with van der Waals surface area (Å²) in [6.45, 7) is 4.59. The summed E-state index contributed by atoms with van der Waals surface area (Å²) in [6, 6.07) is 51.0. The van der Waals surface area contributed by atoms with Crippen molar-refractivity contribution in [2.45, 2.75) is 52.4 Å². The molecule has 0 bridgehead atoms. The molecule has 0 aliphatic rings. The van der Waals surface area contributed by atoms with E-state index in [0.29, 0.717) is 0 Å². The topological polar surface area (TPSA) is 0 Å². The van der Waals surface area contributed by atoms with Crippen molar-refractivity contribution >= 4 is 76.9 Å². The average Bonchev–Trinajstić information content (AvgIpc) is 3.53. The molecule has 1 aromatic heterocycles. The second-order valence-electron chi connectivity index (χ2n) is 13.6. The van der Waals surface area contributed by atoms with Gasteiger partial charge in [0.05, 0.1) is 0 Å². The van der Waals surface area contributed by atoms with Gasteiger partial charge in [0.1, 0.15) is 0 Å². The molecule has 0 amide bonds. The number of unbranched alkanes of at least 4 members (excludes halogenated alkanes) is 2. The molecule has 238 valence electrons. The van der Waals surface area contributed by atoms with E-state index in [1.54, 1.807) is 0 Å². The molecule has 0 spiro atoms. The van der Waals surface area contributed by atoms with E-state index in [0.717, 1.165) is 12.8 Å². The first-order valence-corrected chi connectivity index (χ1v) is 19.8. The van der Waals surface area contributed by atoms with Crippen LogP contribution in [0, 0.1) is 0 Å². The van der Waals surface area contributed by atoms with Gasteiger partial charge in [0.25, 0.3) is 0 Å². The zero-order valence-electron chi connectivity index (χ0n) is 28.4. The monoisotopic (exact) mass is 696 g/mol. The van der Waals surface area contributed by atoms with E-state index < -0.39 is 0 Å².